The van der Waals surface area contributed by atoms with E-state index in [-0.39, 0.29) is 0 Å². The smallest absolute Gasteiger partial charge is 0.0522 e. The lowest BCUT2D eigenvalue weighted by molar-refractivity contribution is 0.593. The summed E-state index contributed by atoms with van der Waals surface area (Å²) >= 11 is 1.91. The van der Waals surface area contributed by atoms with Crippen molar-refractivity contribution >= 4 is 17.0 Å². The summed E-state index contributed by atoms with van der Waals surface area (Å²) in [6.45, 7) is 11.7. The van der Waals surface area contributed by atoms with Crippen LogP contribution in [0.4, 0.5) is 5.69 Å². The molecule has 0 radical (unpaired) electrons. The minimum atomic E-state index is 0.537. The number of nitrogens with one attached hydrogen (secondary N) is 1. The van der Waals surface area contributed by atoms with Crippen LogP contribution in [0.3, 0.4) is 0 Å². The van der Waals surface area contributed by atoms with Crippen molar-refractivity contribution < 1.29 is 0 Å². The number of hydrogen-bond donors (Lipinski definition) is 1. The third kappa shape index (κ3) is 4.87. The number of hydrogen-bond acceptors (Lipinski definition) is 3. The summed E-state index contributed by atoms with van der Waals surface area (Å²) in [6.07, 6.45) is 0. The maximum absolute atomic E-state index is 3.48. The molecule has 2 rings (SSSR count). The molecule has 21 heavy (non-hydrogen) atoms. The highest BCUT2D eigenvalue weighted by atomic mass is 32.1. The van der Waals surface area contributed by atoms with Gasteiger partial charge in [0.1, 0.15) is 0 Å². The summed E-state index contributed by atoms with van der Waals surface area (Å²) < 4.78 is 0. The van der Waals surface area contributed by atoms with E-state index in [0.29, 0.717) is 6.04 Å². The molecule has 1 aromatic carbocycles. The predicted octanol–water partition coefficient (Wildman–Crippen LogP) is 4.58. The fraction of sp³-hybridized carbons (Fsp3) is 0.444. The quantitative estimate of drug-likeness (QED) is 0.805. The van der Waals surface area contributed by atoms with Crippen LogP contribution < -0.4 is 10.2 Å². The molecule has 0 aliphatic carbocycles. The molecule has 2 nitrogen and oxygen atoms in total. The van der Waals surface area contributed by atoms with Crippen LogP contribution in [0.5, 0.6) is 0 Å². The summed E-state index contributed by atoms with van der Waals surface area (Å²) in [6, 6.07) is 13.9. The number of thiophene rings is 1. The Labute approximate surface area is 132 Å². The Hall–Kier alpha value is -1.32. The standard InChI is InChI=1S/C18H26N2S/c1-5-20(16-8-6-15(4)7-9-16)13-18-11-10-17(21-18)12-19-14(2)3/h6-11,14,19H,5,12-13H2,1-4H3. The Balaban J connectivity index is 2.00. The van der Waals surface area contributed by atoms with Crippen LogP contribution in [0.1, 0.15) is 36.1 Å². The predicted molar refractivity (Wildman–Crippen MR) is 94.2 cm³/mol. The Morgan fingerprint density at radius 1 is 1.05 bits per heavy atom. The van der Waals surface area contributed by atoms with E-state index < -0.39 is 0 Å². The van der Waals surface area contributed by atoms with Crippen molar-refractivity contribution in [1.82, 2.24) is 5.32 Å². The molecule has 0 aliphatic heterocycles. The lowest BCUT2D eigenvalue weighted by atomic mass is 10.2. The van der Waals surface area contributed by atoms with Gasteiger partial charge >= 0.3 is 0 Å². The third-order valence-corrected chi connectivity index (χ3v) is 4.60. The molecule has 2 aromatic rings. The van der Waals surface area contributed by atoms with E-state index in [1.807, 2.05) is 11.3 Å². The maximum Gasteiger partial charge on any atom is 0.0522 e. The van der Waals surface area contributed by atoms with Gasteiger partial charge in [-0.25, -0.2) is 0 Å². The van der Waals surface area contributed by atoms with E-state index in [2.05, 4.69) is 74.3 Å². The normalized spacial score (nSPS) is 11.1. The molecule has 1 N–H and O–H groups in total. The van der Waals surface area contributed by atoms with Crippen LogP contribution in [-0.2, 0) is 13.1 Å². The van der Waals surface area contributed by atoms with E-state index in [4.69, 9.17) is 0 Å². The zero-order chi connectivity index (χ0) is 15.2. The first kappa shape index (κ1) is 16.1. The first-order chi connectivity index (χ1) is 10.1. The van der Waals surface area contributed by atoms with Crippen LogP contribution in [0.15, 0.2) is 36.4 Å². The summed E-state index contributed by atoms with van der Waals surface area (Å²) in [5.74, 6) is 0. The first-order valence-electron chi connectivity index (χ1n) is 7.71. The van der Waals surface area contributed by atoms with Crippen molar-refractivity contribution in [3.63, 3.8) is 0 Å². The Kier molecular flexibility index (Phi) is 5.83. The minimum Gasteiger partial charge on any atom is -0.367 e. The van der Waals surface area contributed by atoms with Crippen LogP contribution in [0.2, 0.25) is 0 Å². The van der Waals surface area contributed by atoms with Gasteiger partial charge in [0, 0.05) is 34.6 Å². The summed E-state index contributed by atoms with van der Waals surface area (Å²) in [7, 11) is 0. The van der Waals surface area contributed by atoms with Gasteiger partial charge in [-0.1, -0.05) is 31.5 Å². The molecular formula is C18H26N2S. The topological polar surface area (TPSA) is 15.3 Å². The SMILES string of the molecule is CCN(Cc1ccc(CNC(C)C)s1)c1ccc(C)cc1. The van der Waals surface area contributed by atoms with Gasteiger partial charge in [0.2, 0.25) is 0 Å². The average Bonchev–Trinajstić information content (AvgIpc) is 2.91. The summed E-state index contributed by atoms with van der Waals surface area (Å²) in [5.41, 5.74) is 2.62. The van der Waals surface area contributed by atoms with Crippen LogP contribution in [0, 0.1) is 6.92 Å². The monoisotopic (exact) mass is 302 g/mol. The van der Waals surface area contributed by atoms with Gasteiger partial charge in [0.05, 0.1) is 6.54 Å². The van der Waals surface area contributed by atoms with Gasteiger partial charge in [-0.15, -0.1) is 11.3 Å². The van der Waals surface area contributed by atoms with Gasteiger partial charge in [-0.05, 0) is 38.1 Å². The molecule has 0 amide bonds. The van der Waals surface area contributed by atoms with Crippen LogP contribution in [0.25, 0.3) is 0 Å². The Morgan fingerprint density at radius 3 is 2.33 bits per heavy atom. The maximum atomic E-state index is 3.48. The molecular weight excluding hydrogens is 276 g/mol. The molecule has 0 spiro atoms. The number of benzene rings is 1. The molecule has 0 unspecified atom stereocenters. The van der Waals surface area contributed by atoms with E-state index >= 15 is 0 Å². The summed E-state index contributed by atoms with van der Waals surface area (Å²) in [4.78, 5) is 5.27. The van der Waals surface area contributed by atoms with Gasteiger partial charge in [0.25, 0.3) is 0 Å². The number of aryl methyl sites for hydroxylation is 1. The fourth-order valence-corrected chi connectivity index (χ4v) is 3.22. The number of anilines is 1. The summed E-state index contributed by atoms with van der Waals surface area (Å²) in [5, 5.41) is 3.48. The highest BCUT2D eigenvalue weighted by Crippen LogP contribution is 2.22. The second-order valence-corrected chi connectivity index (χ2v) is 7.01. The molecule has 0 saturated heterocycles. The van der Waals surface area contributed by atoms with Crippen molar-refractivity contribution in [2.75, 3.05) is 11.4 Å². The molecule has 0 bridgehead atoms. The number of rotatable bonds is 7. The largest absolute Gasteiger partial charge is 0.367 e. The van der Waals surface area contributed by atoms with Gasteiger partial charge in [-0.3, -0.25) is 0 Å². The van der Waals surface area contributed by atoms with Crippen molar-refractivity contribution in [1.29, 1.82) is 0 Å². The molecule has 1 heterocycles. The van der Waals surface area contributed by atoms with E-state index in [9.17, 15) is 0 Å². The molecule has 3 heteroatoms. The third-order valence-electron chi connectivity index (χ3n) is 3.53. The lowest BCUT2D eigenvalue weighted by Crippen LogP contribution is -2.21. The Bertz CT molecular complexity index is 543. The number of nitrogens with zero attached hydrogens (tertiary/aromatic N) is 1. The average molecular weight is 302 g/mol. The van der Waals surface area contributed by atoms with Gasteiger partial charge in [-0.2, -0.15) is 0 Å². The Morgan fingerprint density at radius 2 is 1.71 bits per heavy atom. The van der Waals surface area contributed by atoms with Crippen LogP contribution >= 0.6 is 11.3 Å². The van der Waals surface area contributed by atoms with Gasteiger partial charge < -0.3 is 10.2 Å². The van der Waals surface area contributed by atoms with E-state index in [0.717, 1.165) is 19.6 Å². The van der Waals surface area contributed by atoms with Gasteiger partial charge in [0.15, 0.2) is 0 Å². The second-order valence-electron chi connectivity index (χ2n) is 5.75. The van der Waals surface area contributed by atoms with E-state index in [1.165, 1.54) is 21.0 Å². The molecule has 1 aromatic heterocycles. The molecule has 0 atom stereocenters. The zero-order valence-electron chi connectivity index (χ0n) is 13.5. The van der Waals surface area contributed by atoms with Crippen molar-refractivity contribution in [2.24, 2.45) is 0 Å². The molecule has 114 valence electrons. The zero-order valence-corrected chi connectivity index (χ0v) is 14.3. The second kappa shape index (κ2) is 7.62. The fourth-order valence-electron chi connectivity index (χ4n) is 2.24. The van der Waals surface area contributed by atoms with E-state index in [1.54, 1.807) is 0 Å². The van der Waals surface area contributed by atoms with Crippen LogP contribution in [-0.4, -0.2) is 12.6 Å². The highest BCUT2D eigenvalue weighted by molar-refractivity contribution is 7.12. The van der Waals surface area contributed by atoms with Crippen molar-refractivity contribution in [3.8, 4) is 0 Å². The highest BCUT2D eigenvalue weighted by Gasteiger charge is 2.07. The van der Waals surface area contributed by atoms with Crippen molar-refractivity contribution in [3.05, 3.63) is 51.7 Å². The minimum absolute atomic E-state index is 0.537. The first-order valence-corrected chi connectivity index (χ1v) is 8.52. The van der Waals surface area contributed by atoms with Crippen molar-refractivity contribution in [2.45, 2.75) is 46.8 Å². The molecule has 0 fully saturated rings. The molecule has 0 aliphatic rings. The molecule has 0 saturated carbocycles. The lowest BCUT2D eigenvalue weighted by Gasteiger charge is -2.22.